The fourth-order valence-corrected chi connectivity index (χ4v) is 2.26. The molecule has 1 aliphatic rings. The fraction of sp³-hybridized carbons (Fsp3) is 0.615. The van der Waals surface area contributed by atoms with Crippen LogP contribution in [0.3, 0.4) is 0 Å². The van der Waals surface area contributed by atoms with Crippen molar-refractivity contribution < 1.29 is 0 Å². The Bertz CT molecular complexity index is 299. The van der Waals surface area contributed by atoms with Crippen LogP contribution in [-0.4, -0.2) is 35.6 Å². The van der Waals surface area contributed by atoms with E-state index < -0.39 is 0 Å². The lowest BCUT2D eigenvalue weighted by molar-refractivity contribution is 0.198. The number of likely N-dealkylation sites (tertiary alicyclic amines) is 1. The summed E-state index contributed by atoms with van der Waals surface area (Å²) in [7, 11) is 0. The number of piperidine rings is 1. The van der Waals surface area contributed by atoms with E-state index in [4.69, 9.17) is 0 Å². The van der Waals surface area contributed by atoms with Gasteiger partial charge in [0.1, 0.15) is 0 Å². The monoisotopic (exact) mass is 219 g/mol. The van der Waals surface area contributed by atoms with Gasteiger partial charge in [0.25, 0.3) is 0 Å². The highest BCUT2D eigenvalue weighted by Crippen LogP contribution is 2.09. The van der Waals surface area contributed by atoms with E-state index in [-0.39, 0.29) is 0 Å². The molecule has 2 heterocycles. The summed E-state index contributed by atoms with van der Waals surface area (Å²) in [6, 6.07) is 6.72. The molecule has 0 aliphatic carbocycles. The van der Waals surface area contributed by atoms with Gasteiger partial charge in [0.05, 0.1) is 5.69 Å². The van der Waals surface area contributed by atoms with Crippen LogP contribution in [0, 0.1) is 0 Å². The Morgan fingerprint density at radius 2 is 2.44 bits per heavy atom. The minimum Gasteiger partial charge on any atom is -0.307 e. The number of hydrogen-bond acceptors (Lipinski definition) is 3. The van der Waals surface area contributed by atoms with Gasteiger partial charge in [0.2, 0.25) is 0 Å². The Hall–Kier alpha value is -0.930. The van der Waals surface area contributed by atoms with Crippen molar-refractivity contribution in [2.24, 2.45) is 0 Å². The molecule has 3 heteroatoms. The molecule has 1 unspecified atom stereocenters. The molecule has 0 amide bonds. The van der Waals surface area contributed by atoms with Gasteiger partial charge in [-0.05, 0) is 38.1 Å². The average molecular weight is 219 g/mol. The van der Waals surface area contributed by atoms with E-state index in [1.165, 1.54) is 32.5 Å². The van der Waals surface area contributed by atoms with Crippen LogP contribution in [0.25, 0.3) is 0 Å². The van der Waals surface area contributed by atoms with Gasteiger partial charge in [-0.3, -0.25) is 4.98 Å². The first-order chi connectivity index (χ1) is 7.88. The van der Waals surface area contributed by atoms with Gasteiger partial charge < -0.3 is 10.2 Å². The van der Waals surface area contributed by atoms with Gasteiger partial charge >= 0.3 is 0 Å². The summed E-state index contributed by atoms with van der Waals surface area (Å²) >= 11 is 0. The maximum absolute atomic E-state index is 4.33. The van der Waals surface area contributed by atoms with Crippen LogP contribution >= 0.6 is 0 Å². The summed E-state index contributed by atoms with van der Waals surface area (Å²) in [6.07, 6.45) is 4.47. The van der Waals surface area contributed by atoms with Crippen LogP contribution in [0.5, 0.6) is 0 Å². The summed E-state index contributed by atoms with van der Waals surface area (Å²) in [5, 5.41) is 3.60. The first-order valence-corrected chi connectivity index (χ1v) is 6.24. The average Bonchev–Trinajstić information content (AvgIpc) is 2.38. The predicted octanol–water partition coefficient (Wildman–Crippen LogP) is 1.66. The van der Waals surface area contributed by atoms with Crippen LogP contribution in [0.1, 0.15) is 25.5 Å². The molecule has 1 fully saturated rings. The molecule has 1 aromatic rings. The van der Waals surface area contributed by atoms with Crippen molar-refractivity contribution in [1.29, 1.82) is 0 Å². The number of likely N-dealkylation sites (N-methyl/N-ethyl adjacent to an activating group) is 1. The van der Waals surface area contributed by atoms with E-state index in [0.717, 1.165) is 12.2 Å². The molecular weight excluding hydrogens is 198 g/mol. The third-order valence-corrected chi connectivity index (χ3v) is 3.25. The van der Waals surface area contributed by atoms with E-state index >= 15 is 0 Å². The number of rotatable bonds is 4. The molecule has 1 saturated heterocycles. The van der Waals surface area contributed by atoms with E-state index in [2.05, 4.69) is 28.2 Å². The Labute approximate surface area is 97.9 Å². The second kappa shape index (κ2) is 5.97. The number of nitrogens with zero attached hydrogens (tertiary/aromatic N) is 2. The first kappa shape index (κ1) is 11.6. The molecule has 1 aliphatic heterocycles. The summed E-state index contributed by atoms with van der Waals surface area (Å²) in [5.41, 5.74) is 1.14. The first-order valence-electron chi connectivity index (χ1n) is 6.24. The van der Waals surface area contributed by atoms with E-state index in [1.807, 2.05) is 18.3 Å². The lowest BCUT2D eigenvalue weighted by Gasteiger charge is -2.32. The van der Waals surface area contributed by atoms with Crippen LogP contribution in [-0.2, 0) is 6.54 Å². The highest BCUT2D eigenvalue weighted by Gasteiger charge is 2.17. The third kappa shape index (κ3) is 3.29. The minimum atomic E-state index is 0.635. The lowest BCUT2D eigenvalue weighted by Crippen LogP contribution is -2.45. The number of hydrogen-bond donors (Lipinski definition) is 1. The molecule has 0 spiro atoms. The van der Waals surface area contributed by atoms with E-state index in [0.29, 0.717) is 6.04 Å². The van der Waals surface area contributed by atoms with Crippen LogP contribution in [0.15, 0.2) is 24.4 Å². The largest absolute Gasteiger partial charge is 0.307 e. The van der Waals surface area contributed by atoms with Crippen LogP contribution < -0.4 is 5.32 Å². The fourth-order valence-electron chi connectivity index (χ4n) is 2.26. The molecule has 0 aromatic carbocycles. The highest BCUT2D eigenvalue weighted by molar-refractivity contribution is 5.03. The Morgan fingerprint density at radius 1 is 1.50 bits per heavy atom. The second-order valence-corrected chi connectivity index (χ2v) is 4.43. The van der Waals surface area contributed by atoms with Gasteiger partial charge in [0.15, 0.2) is 0 Å². The van der Waals surface area contributed by atoms with Gasteiger partial charge in [-0.15, -0.1) is 0 Å². The van der Waals surface area contributed by atoms with Gasteiger partial charge in [-0.2, -0.15) is 0 Å². The van der Waals surface area contributed by atoms with Crippen LogP contribution in [0.2, 0.25) is 0 Å². The Morgan fingerprint density at radius 3 is 3.19 bits per heavy atom. The molecule has 88 valence electrons. The van der Waals surface area contributed by atoms with Crippen molar-refractivity contribution in [2.45, 2.75) is 32.4 Å². The zero-order chi connectivity index (χ0) is 11.2. The zero-order valence-electron chi connectivity index (χ0n) is 10.0. The third-order valence-electron chi connectivity index (χ3n) is 3.25. The van der Waals surface area contributed by atoms with Crippen molar-refractivity contribution in [3.8, 4) is 0 Å². The normalized spacial score (nSPS) is 22.2. The topological polar surface area (TPSA) is 28.2 Å². The summed E-state index contributed by atoms with van der Waals surface area (Å²) in [6.45, 7) is 6.74. The van der Waals surface area contributed by atoms with Gasteiger partial charge in [-0.25, -0.2) is 0 Å². The Kier molecular flexibility index (Phi) is 4.31. The number of nitrogens with one attached hydrogen (secondary N) is 1. The maximum Gasteiger partial charge on any atom is 0.0541 e. The molecule has 0 saturated carbocycles. The highest BCUT2D eigenvalue weighted by atomic mass is 15.2. The molecule has 16 heavy (non-hydrogen) atoms. The molecule has 2 rings (SSSR count). The summed E-state index contributed by atoms with van der Waals surface area (Å²) in [4.78, 5) is 6.84. The maximum atomic E-state index is 4.33. The quantitative estimate of drug-likeness (QED) is 0.834. The van der Waals surface area contributed by atoms with Crippen molar-refractivity contribution in [2.75, 3.05) is 19.6 Å². The van der Waals surface area contributed by atoms with Gasteiger partial charge in [-0.1, -0.05) is 13.0 Å². The molecule has 1 atom stereocenters. The molecular formula is C13H21N3. The summed E-state index contributed by atoms with van der Waals surface area (Å²) in [5.74, 6) is 0. The molecule has 0 radical (unpaired) electrons. The predicted molar refractivity (Wildman–Crippen MR) is 66.2 cm³/mol. The zero-order valence-corrected chi connectivity index (χ0v) is 10.0. The minimum absolute atomic E-state index is 0.635. The number of aromatic nitrogens is 1. The van der Waals surface area contributed by atoms with E-state index in [9.17, 15) is 0 Å². The molecule has 1 N–H and O–H groups in total. The number of pyridine rings is 1. The SMILES string of the molecule is CCN1CCCC(NCc2ccccn2)C1. The van der Waals surface area contributed by atoms with E-state index in [1.54, 1.807) is 0 Å². The standard InChI is InChI=1S/C13H21N3/c1-2-16-9-5-7-13(11-16)15-10-12-6-3-4-8-14-12/h3-4,6,8,13,15H,2,5,7,9-11H2,1H3. The van der Waals surface area contributed by atoms with Crippen LogP contribution in [0.4, 0.5) is 0 Å². The van der Waals surface area contributed by atoms with Crippen molar-refractivity contribution in [3.63, 3.8) is 0 Å². The van der Waals surface area contributed by atoms with Crippen molar-refractivity contribution >= 4 is 0 Å². The Balaban J connectivity index is 1.77. The lowest BCUT2D eigenvalue weighted by atomic mass is 10.1. The van der Waals surface area contributed by atoms with Crippen molar-refractivity contribution in [3.05, 3.63) is 30.1 Å². The molecule has 3 nitrogen and oxygen atoms in total. The molecule has 0 bridgehead atoms. The summed E-state index contributed by atoms with van der Waals surface area (Å²) < 4.78 is 0. The smallest absolute Gasteiger partial charge is 0.0541 e. The second-order valence-electron chi connectivity index (χ2n) is 4.43. The van der Waals surface area contributed by atoms with Crippen molar-refractivity contribution in [1.82, 2.24) is 15.2 Å². The molecule has 1 aromatic heterocycles. The van der Waals surface area contributed by atoms with Gasteiger partial charge in [0, 0.05) is 25.3 Å².